The summed E-state index contributed by atoms with van der Waals surface area (Å²) in [5.41, 5.74) is 1.07. The normalized spacial score (nSPS) is 12.1. The minimum atomic E-state index is -3.54. The molecule has 1 N–H and O–H groups in total. The van der Waals surface area contributed by atoms with E-state index < -0.39 is 10.0 Å². The van der Waals surface area contributed by atoms with Crippen LogP contribution in [0.4, 0.5) is 0 Å². The van der Waals surface area contributed by atoms with E-state index >= 15 is 0 Å². The molecule has 0 saturated carbocycles. The summed E-state index contributed by atoms with van der Waals surface area (Å²) in [6.07, 6.45) is 0. The first kappa shape index (κ1) is 14.4. The Balaban J connectivity index is 3.47. The van der Waals surface area contributed by atoms with E-state index in [1.807, 2.05) is 0 Å². The van der Waals surface area contributed by atoms with Crippen molar-refractivity contribution in [1.82, 2.24) is 4.31 Å². The van der Waals surface area contributed by atoms with Crippen LogP contribution in [-0.2, 0) is 16.6 Å². The molecule has 0 aliphatic rings. The summed E-state index contributed by atoms with van der Waals surface area (Å²) in [5.74, 6) is 0. The number of nitrogens with zero attached hydrogens (tertiary/aromatic N) is 1. The summed E-state index contributed by atoms with van der Waals surface area (Å²) in [6.45, 7) is 3.57. The maximum atomic E-state index is 12.2. The molecule has 1 rings (SSSR count). The topological polar surface area (TPSA) is 57.6 Å². The standard InChI is InChI=1S/C11H16ClNO3S/c1-4-13(3)17(15,16)11-6-10(12)5-9(7-14)8(11)2/h5-6,14H,4,7H2,1-3H3. The van der Waals surface area contributed by atoms with Gasteiger partial charge in [-0.05, 0) is 30.2 Å². The third-order valence-corrected chi connectivity index (χ3v) is 5.01. The lowest BCUT2D eigenvalue weighted by Gasteiger charge is -2.18. The fraction of sp³-hybridized carbons (Fsp3) is 0.455. The average molecular weight is 278 g/mol. The van der Waals surface area contributed by atoms with Gasteiger partial charge in [0, 0.05) is 18.6 Å². The van der Waals surface area contributed by atoms with Crippen molar-refractivity contribution >= 4 is 21.6 Å². The quantitative estimate of drug-likeness (QED) is 0.913. The van der Waals surface area contributed by atoms with E-state index in [1.54, 1.807) is 19.9 Å². The van der Waals surface area contributed by atoms with Gasteiger partial charge in [-0.25, -0.2) is 12.7 Å². The lowest BCUT2D eigenvalue weighted by Crippen LogP contribution is -2.27. The van der Waals surface area contributed by atoms with Crippen LogP contribution in [0, 0.1) is 6.92 Å². The van der Waals surface area contributed by atoms with E-state index in [0.717, 1.165) is 0 Å². The summed E-state index contributed by atoms with van der Waals surface area (Å²) >= 11 is 5.86. The molecule has 0 heterocycles. The van der Waals surface area contributed by atoms with Crippen LogP contribution in [0.25, 0.3) is 0 Å². The molecule has 17 heavy (non-hydrogen) atoms. The fourth-order valence-corrected chi connectivity index (χ4v) is 3.25. The summed E-state index contributed by atoms with van der Waals surface area (Å²) in [7, 11) is -2.03. The number of hydrogen-bond acceptors (Lipinski definition) is 3. The molecule has 0 radical (unpaired) electrons. The molecule has 6 heteroatoms. The van der Waals surface area contributed by atoms with Crippen LogP contribution in [0.1, 0.15) is 18.1 Å². The van der Waals surface area contributed by atoms with Crippen molar-refractivity contribution in [3.05, 3.63) is 28.3 Å². The molecule has 4 nitrogen and oxygen atoms in total. The zero-order valence-electron chi connectivity index (χ0n) is 10.1. The second-order valence-electron chi connectivity index (χ2n) is 3.77. The van der Waals surface area contributed by atoms with Crippen molar-refractivity contribution in [1.29, 1.82) is 0 Å². The largest absolute Gasteiger partial charge is 0.392 e. The Labute approximate surface area is 107 Å². The zero-order valence-corrected chi connectivity index (χ0v) is 11.6. The third-order valence-electron chi connectivity index (χ3n) is 2.74. The molecule has 0 aromatic heterocycles. The molecule has 1 aromatic carbocycles. The van der Waals surface area contributed by atoms with Gasteiger partial charge in [0.1, 0.15) is 0 Å². The minimum Gasteiger partial charge on any atom is -0.392 e. The van der Waals surface area contributed by atoms with Crippen LogP contribution < -0.4 is 0 Å². The molecule has 0 aliphatic heterocycles. The Hall–Kier alpha value is -0.620. The first-order valence-electron chi connectivity index (χ1n) is 5.20. The van der Waals surface area contributed by atoms with Crippen molar-refractivity contribution in [2.45, 2.75) is 25.3 Å². The van der Waals surface area contributed by atoms with Crippen molar-refractivity contribution in [3.63, 3.8) is 0 Å². The van der Waals surface area contributed by atoms with Crippen LogP contribution in [0.2, 0.25) is 5.02 Å². The highest BCUT2D eigenvalue weighted by atomic mass is 35.5. The lowest BCUT2D eigenvalue weighted by atomic mass is 10.1. The highest BCUT2D eigenvalue weighted by Gasteiger charge is 2.23. The van der Waals surface area contributed by atoms with E-state index in [9.17, 15) is 8.42 Å². The number of halogens is 1. The van der Waals surface area contributed by atoms with Gasteiger partial charge in [0.15, 0.2) is 0 Å². The van der Waals surface area contributed by atoms with Crippen molar-refractivity contribution in [3.8, 4) is 0 Å². The molecule has 1 aromatic rings. The molecule has 0 aliphatic carbocycles. The number of rotatable bonds is 4. The maximum absolute atomic E-state index is 12.2. The number of hydrogen-bond donors (Lipinski definition) is 1. The Morgan fingerprint density at radius 3 is 2.47 bits per heavy atom. The van der Waals surface area contributed by atoms with E-state index in [-0.39, 0.29) is 11.5 Å². The SMILES string of the molecule is CCN(C)S(=O)(=O)c1cc(Cl)cc(CO)c1C. The highest BCUT2D eigenvalue weighted by molar-refractivity contribution is 7.89. The predicted molar refractivity (Wildman–Crippen MR) is 67.6 cm³/mol. The van der Waals surface area contributed by atoms with Gasteiger partial charge < -0.3 is 5.11 Å². The predicted octanol–water partition coefficient (Wildman–Crippen LogP) is 1.78. The van der Waals surface area contributed by atoms with Crippen LogP contribution in [0.3, 0.4) is 0 Å². The summed E-state index contributed by atoms with van der Waals surface area (Å²) in [6, 6.07) is 2.99. The van der Waals surface area contributed by atoms with Crippen molar-refractivity contribution < 1.29 is 13.5 Å². The van der Waals surface area contributed by atoms with Crippen LogP contribution >= 0.6 is 11.6 Å². The van der Waals surface area contributed by atoms with Crippen molar-refractivity contribution in [2.75, 3.05) is 13.6 Å². The van der Waals surface area contributed by atoms with Gasteiger partial charge >= 0.3 is 0 Å². The van der Waals surface area contributed by atoms with Gasteiger partial charge in [0.2, 0.25) is 10.0 Å². The lowest BCUT2D eigenvalue weighted by molar-refractivity contribution is 0.280. The molecule has 0 spiro atoms. The molecular weight excluding hydrogens is 262 g/mol. The minimum absolute atomic E-state index is 0.151. The second-order valence-corrected chi connectivity index (χ2v) is 6.22. The number of benzene rings is 1. The van der Waals surface area contributed by atoms with Crippen LogP contribution in [0.15, 0.2) is 17.0 Å². The third kappa shape index (κ3) is 2.80. The van der Waals surface area contributed by atoms with E-state index in [4.69, 9.17) is 16.7 Å². The molecule has 0 atom stereocenters. The van der Waals surface area contributed by atoms with E-state index in [2.05, 4.69) is 0 Å². The van der Waals surface area contributed by atoms with E-state index in [0.29, 0.717) is 22.7 Å². The van der Waals surface area contributed by atoms with Gasteiger partial charge in [0.05, 0.1) is 11.5 Å². The first-order chi connectivity index (χ1) is 7.84. The van der Waals surface area contributed by atoms with Gasteiger partial charge in [-0.3, -0.25) is 0 Å². The zero-order chi connectivity index (χ0) is 13.2. The Bertz CT molecular complexity index is 514. The van der Waals surface area contributed by atoms with E-state index in [1.165, 1.54) is 17.4 Å². The Morgan fingerprint density at radius 1 is 1.41 bits per heavy atom. The molecule has 0 bridgehead atoms. The molecule has 0 fully saturated rings. The second kappa shape index (κ2) is 5.35. The van der Waals surface area contributed by atoms with Gasteiger partial charge in [-0.2, -0.15) is 0 Å². The van der Waals surface area contributed by atoms with Crippen LogP contribution in [-0.4, -0.2) is 31.4 Å². The summed E-state index contributed by atoms with van der Waals surface area (Å²) in [5, 5.41) is 9.47. The molecule has 0 unspecified atom stereocenters. The highest BCUT2D eigenvalue weighted by Crippen LogP contribution is 2.26. The Morgan fingerprint density at radius 2 is 2.00 bits per heavy atom. The number of sulfonamides is 1. The monoisotopic (exact) mass is 277 g/mol. The smallest absolute Gasteiger partial charge is 0.243 e. The molecular formula is C11H16ClNO3S. The average Bonchev–Trinajstić information content (AvgIpc) is 2.30. The van der Waals surface area contributed by atoms with Crippen LogP contribution in [0.5, 0.6) is 0 Å². The molecule has 0 saturated heterocycles. The van der Waals surface area contributed by atoms with Gasteiger partial charge in [-0.1, -0.05) is 18.5 Å². The number of aliphatic hydroxyl groups is 1. The van der Waals surface area contributed by atoms with Gasteiger partial charge in [-0.15, -0.1) is 0 Å². The fourth-order valence-electron chi connectivity index (χ4n) is 1.48. The first-order valence-corrected chi connectivity index (χ1v) is 7.02. The van der Waals surface area contributed by atoms with Crippen molar-refractivity contribution in [2.24, 2.45) is 0 Å². The number of aliphatic hydroxyl groups excluding tert-OH is 1. The molecule has 96 valence electrons. The summed E-state index contributed by atoms with van der Waals surface area (Å²) in [4.78, 5) is 0.151. The maximum Gasteiger partial charge on any atom is 0.243 e. The van der Waals surface area contributed by atoms with Gasteiger partial charge in [0.25, 0.3) is 0 Å². The Kier molecular flexibility index (Phi) is 4.55. The summed E-state index contributed by atoms with van der Waals surface area (Å²) < 4.78 is 25.6. The molecule has 0 amide bonds.